The molecule has 0 aromatic rings. The molecule has 22 valence electrons. The molecule has 0 aromatic carbocycles. The van der Waals surface area contributed by atoms with E-state index in [0.717, 1.165) is 0 Å². The zero-order valence-corrected chi connectivity index (χ0v) is 8.51. The zero-order valence-electron chi connectivity index (χ0n) is 1.62. The van der Waals surface area contributed by atoms with Crippen molar-refractivity contribution in [3.63, 3.8) is 0 Å². The van der Waals surface area contributed by atoms with Crippen LogP contribution in [0.5, 0.6) is 0 Å². The van der Waals surface area contributed by atoms with Crippen molar-refractivity contribution in [2.24, 2.45) is 0 Å². The second kappa shape index (κ2) is 18.7. The van der Waals surface area contributed by atoms with Gasteiger partial charge in [-0.3, -0.25) is 0 Å². The van der Waals surface area contributed by atoms with Crippen molar-refractivity contribution in [2.75, 3.05) is 0 Å². The van der Waals surface area contributed by atoms with Crippen LogP contribution >= 0.6 is 0 Å². The number of hydrogen-bond acceptors (Lipinski definition) is 1. The van der Waals surface area contributed by atoms with Crippen LogP contribution in [0.25, 0.3) is 0 Å². The Balaban J connectivity index is -0.00000000500. The molecule has 0 unspecified atom stereocenters. The summed E-state index contributed by atoms with van der Waals surface area (Å²) in [6, 6.07) is 0. The molecule has 0 heterocycles. The molecule has 1 nitrogen and oxygen atoms in total. The third kappa shape index (κ3) is 8.86. The van der Waals surface area contributed by atoms with Gasteiger partial charge in [0.1, 0.15) is 0 Å². The van der Waals surface area contributed by atoms with E-state index >= 15 is 0 Å². The van der Waals surface area contributed by atoms with Gasteiger partial charge >= 0.3 is 75.3 Å². The summed E-state index contributed by atoms with van der Waals surface area (Å²) in [5, 5.41) is 0. The predicted molar refractivity (Wildman–Crippen MR) is 24.9 cm³/mol. The molecular weight excluding hydrogens is 368 g/mol. The van der Waals surface area contributed by atoms with Crippen molar-refractivity contribution >= 4 is 72.3 Å². The van der Waals surface area contributed by atoms with Crippen LogP contribution in [0.2, 0.25) is 0 Å². The van der Waals surface area contributed by atoms with E-state index in [9.17, 15) is 0 Å². The van der Waals surface area contributed by atoms with Crippen LogP contribution in [0.4, 0.5) is 0 Å². The summed E-state index contributed by atoms with van der Waals surface area (Å²) in [5.74, 6) is 0. The molecule has 0 saturated heterocycles. The van der Waals surface area contributed by atoms with Crippen LogP contribution in [-0.4, -0.2) is 72.3 Å². The maximum atomic E-state index is 8.34. The fourth-order valence-electron chi connectivity index (χ4n) is 0. The Morgan fingerprint density at radius 1 is 1.25 bits per heavy atom. The van der Waals surface area contributed by atoms with E-state index in [4.69, 9.17) is 3.08 Å². The first-order valence-electron chi connectivity index (χ1n) is 0.204. The Kier molecular flexibility index (Phi) is 76.0. The minimum absolute atomic E-state index is 0. The third-order valence-electron chi connectivity index (χ3n) is 0. The zero-order chi connectivity index (χ0) is 2.00. The Labute approximate surface area is 74.1 Å². The summed E-state index contributed by atoms with van der Waals surface area (Å²) in [7, 11) is 0. The molecule has 4 heavy (non-hydrogen) atoms. The van der Waals surface area contributed by atoms with Crippen LogP contribution in [0.15, 0.2) is 0 Å². The van der Waals surface area contributed by atoms with Crippen LogP contribution < -0.4 is 0 Å². The van der Waals surface area contributed by atoms with Crippen LogP contribution in [-0.2, 0) is 3.08 Å². The van der Waals surface area contributed by atoms with E-state index in [1.165, 1.54) is 0 Å². The van der Waals surface area contributed by atoms with Crippen molar-refractivity contribution < 1.29 is 3.08 Å². The van der Waals surface area contributed by atoms with Crippen molar-refractivity contribution in [3.8, 4) is 0 Å². The second-order valence-electron chi connectivity index (χ2n) is 0. The number of rotatable bonds is 0. The van der Waals surface area contributed by atoms with Gasteiger partial charge in [0.2, 0.25) is 0 Å². The summed E-state index contributed by atoms with van der Waals surface area (Å²) in [6.45, 7) is 0. The van der Waals surface area contributed by atoms with Crippen molar-refractivity contribution in [1.29, 1.82) is 0 Å². The van der Waals surface area contributed by atoms with Gasteiger partial charge in [0.15, 0.2) is 0 Å². The molecule has 0 aromatic heterocycles. The maximum absolute atomic E-state index is 8.34. The second-order valence-corrected chi connectivity index (χ2v) is 0. The van der Waals surface area contributed by atoms with Crippen LogP contribution in [0.1, 0.15) is 0 Å². The van der Waals surface area contributed by atoms with E-state index in [2.05, 4.69) is 0 Å². The minimum atomic E-state index is 0. The average molecular weight is 373 g/mol. The molecule has 0 fully saturated rings. The SMILES string of the molecule is [InH3].[O]=[Sn].[SnH2]. The van der Waals surface area contributed by atoms with Crippen molar-refractivity contribution in [1.82, 2.24) is 0 Å². The van der Waals surface area contributed by atoms with Gasteiger partial charge in [0.25, 0.3) is 0 Å². The Hall–Kier alpha value is 2.27. The molecule has 0 bridgehead atoms. The standard InChI is InChI=1S/In.O.2Sn.5H. The van der Waals surface area contributed by atoms with Gasteiger partial charge in [-0.15, -0.1) is 0 Å². The first kappa shape index (κ1) is 16.3. The summed E-state index contributed by atoms with van der Waals surface area (Å²) < 4.78 is 8.34. The molecule has 0 spiro atoms. The topological polar surface area (TPSA) is 17.1 Å². The predicted octanol–water partition coefficient (Wildman–Crippen LogP) is -2.60. The van der Waals surface area contributed by atoms with Crippen molar-refractivity contribution in [2.45, 2.75) is 0 Å². The molecule has 0 aliphatic rings. The van der Waals surface area contributed by atoms with Gasteiger partial charge < -0.3 is 0 Å². The van der Waals surface area contributed by atoms with Gasteiger partial charge in [-0.25, -0.2) is 0 Å². The van der Waals surface area contributed by atoms with E-state index < -0.39 is 0 Å². The summed E-state index contributed by atoms with van der Waals surface area (Å²) in [4.78, 5) is 0. The van der Waals surface area contributed by atoms with Gasteiger partial charge in [0, 0.05) is 0 Å². The van der Waals surface area contributed by atoms with E-state index in [-0.39, 0.29) is 49.8 Å². The van der Waals surface area contributed by atoms with Gasteiger partial charge in [-0.05, 0) is 0 Å². The normalized spacial score (nSPS) is 1.00. The molecule has 0 saturated carbocycles. The molecule has 0 aliphatic carbocycles. The fourth-order valence-corrected chi connectivity index (χ4v) is 0. The number of hydrogen-bond donors (Lipinski definition) is 0. The molecular formula is H5InOSn2. The molecule has 0 N–H and O–H groups in total. The first-order valence-corrected chi connectivity index (χ1v) is 1.37. The van der Waals surface area contributed by atoms with Crippen LogP contribution in [0, 0.1) is 0 Å². The quantitative estimate of drug-likeness (QED) is 0.426. The van der Waals surface area contributed by atoms with E-state index in [1.54, 1.807) is 0 Å². The first-order chi connectivity index (χ1) is 1.00. The molecule has 0 atom stereocenters. The molecule has 4 heteroatoms. The van der Waals surface area contributed by atoms with Gasteiger partial charge in [0.05, 0.1) is 0 Å². The van der Waals surface area contributed by atoms with E-state index in [1.807, 2.05) is 0 Å². The van der Waals surface area contributed by atoms with Crippen LogP contribution in [0.3, 0.4) is 0 Å². The monoisotopic (exact) mass is 376 g/mol. The fraction of sp³-hybridized carbons (Fsp3) is 0. The summed E-state index contributed by atoms with van der Waals surface area (Å²) in [5.41, 5.74) is 0. The Morgan fingerprint density at radius 2 is 1.25 bits per heavy atom. The summed E-state index contributed by atoms with van der Waals surface area (Å²) in [6.07, 6.45) is 0. The van der Waals surface area contributed by atoms with Gasteiger partial charge in [-0.2, -0.15) is 0 Å². The molecule has 0 aliphatic heterocycles. The third-order valence-corrected chi connectivity index (χ3v) is 0. The van der Waals surface area contributed by atoms with E-state index in [0.29, 0.717) is 22.5 Å². The van der Waals surface area contributed by atoms with Crippen molar-refractivity contribution in [3.05, 3.63) is 0 Å². The van der Waals surface area contributed by atoms with Gasteiger partial charge in [-0.1, -0.05) is 0 Å². The summed E-state index contributed by atoms with van der Waals surface area (Å²) >= 11 is 0.300. The molecule has 0 amide bonds. The Bertz CT molecular complexity index is 6.00. The molecule has 0 rings (SSSR count). The average Bonchev–Trinajstić information content (AvgIpc) is 1.00. The Morgan fingerprint density at radius 3 is 1.25 bits per heavy atom. The molecule has 4 radical (unpaired) electrons.